The van der Waals surface area contributed by atoms with Crippen LogP contribution >= 0.6 is 0 Å². The van der Waals surface area contributed by atoms with Gasteiger partial charge < -0.3 is 15.1 Å². The Morgan fingerprint density at radius 3 is 2.85 bits per heavy atom. The van der Waals surface area contributed by atoms with Crippen molar-refractivity contribution in [2.24, 2.45) is 5.92 Å². The van der Waals surface area contributed by atoms with Gasteiger partial charge in [-0.05, 0) is 37.1 Å². The zero-order valence-corrected chi connectivity index (χ0v) is 11.9. The summed E-state index contributed by atoms with van der Waals surface area (Å²) < 4.78 is 19.0. The molecule has 0 aliphatic heterocycles. The lowest BCUT2D eigenvalue weighted by molar-refractivity contribution is 0.460. The average molecular weight is 278 g/mol. The Kier molecular flexibility index (Phi) is 4.68. The Morgan fingerprint density at radius 1 is 1.30 bits per heavy atom. The van der Waals surface area contributed by atoms with Crippen LogP contribution in [0.15, 0.2) is 22.6 Å². The van der Waals surface area contributed by atoms with Gasteiger partial charge in [0.05, 0.1) is 12.2 Å². The van der Waals surface area contributed by atoms with E-state index < -0.39 is 0 Å². The third kappa shape index (κ3) is 4.03. The Hall–Kier alpha value is -1.95. The van der Waals surface area contributed by atoms with Gasteiger partial charge in [0, 0.05) is 0 Å². The van der Waals surface area contributed by atoms with E-state index in [0.717, 1.165) is 12.1 Å². The third-order valence-corrected chi connectivity index (χ3v) is 2.66. The first-order chi connectivity index (χ1) is 9.54. The molecule has 0 spiro atoms. The standard InChI is InChI=1S/C14H19FN4O/c1-9(2)7-16-8-13-18-19-14(20-13)17-12-6-10(3)4-5-11(12)15/h4-6,9,16H,7-8H2,1-3H3,(H,17,19). The van der Waals surface area contributed by atoms with Gasteiger partial charge in [-0.3, -0.25) is 0 Å². The number of benzene rings is 1. The Morgan fingerprint density at radius 2 is 2.10 bits per heavy atom. The third-order valence-electron chi connectivity index (χ3n) is 2.66. The van der Waals surface area contributed by atoms with E-state index >= 15 is 0 Å². The SMILES string of the molecule is Cc1ccc(F)c(Nc2nnc(CNCC(C)C)o2)c1. The normalized spacial score (nSPS) is 11.1. The predicted molar refractivity (Wildman–Crippen MR) is 75.3 cm³/mol. The number of aryl methyl sites for hydroxylation is 1. The minimum atomic E-state index is -0.353. The maximum absolute atomic E-state index is 13.6. The molecule has 6 heteroatoms. The number of anilines is 2. The van der Waals surface area contributed by atoms with Crippen LogP contribution in [0.5, 0.6) is 0 Å². The monoisotopic (exact) mass is 278 g/mol. The zero-order valence-electron chi connectivity index (χ0n) is 11.9. The minimum Gasteiger partial charge on any atom is -0.406 e. The topological polar surface area (TPSA) is 63.0 Å². The van der Waals surface area contributed by atoms with E-state index in [1.165, 1.54) is 6.07 Å². The number of nitrogens with one attached hydrogen (secondary N) is 2. The van der Waals surface area contributed by atoms with Crippen LogP contribution < -0.4 is 10.6 Å². The van der Waals surface area contributed by atoms with Gasteiger partial charge in [0.1, 0.15) is 5.82 Å². The molecule has 0 bridgehead atoms. The summed E-state index contributed by atoms with van der Waals surface area (Å²) in [6.45, 7) is 7.50. The lowest BCUT2D eigenvalue weighted by Crippen LogP contribution is -2.19. The highest BCUT2D eigenvalue weighted by atomic mass is 19.1. The highest BCUT2D eigenvalue weighted by Gasteiger charge is 2.09. The summed E-state index contributed by atoms with van der Waals surface area (Å²) >= 11 is 0. The summed E-state index contributed by atoms with van der Waals surface area (Å²) in [6, 6.07) is 4.99. The largest absolute Gasteiger partial charge is 0.406 e. The average Bonchev–Trinajstić information content (AvgIpc) is 2.81. The second-order valence-electron chi connectivity index (χ2n) is 5.13. The molecule has 1 aromatic carbocycles. The number of aromatic nitrogens is 2. The maximum atomic E-state index is 13.6. The van der Waals surface area contributed by atoms with Crippen LogP contribution in [0.3, 0.4) is 0 Å². The van der Waals surface area contributed by atoms with E-state index in [0.29, 0.717) is 24.0 Å². The van der Waals surface area contributed by atoms with E-state index in [4.69, 9.17) is 4.42 Å². The Balaban J connectivity index is 1.97. The fourth-order valence-electron chi connectivity index (χ4n) is 1.69. The highest BCUT2D eigenvalue weighted by molar-refractivity contribution is 5.54. The summed E-state index contributed by atoms with van der Waals surface area (Å²) in [5, 5.41) is 13.7. The molecule has 1 heterocycles. The molecule has 2 N–H and O–H groups in total. The number of nitrogens with zero attached hydrogens (tertiary/aromatic N) is 2. The van der Waals surface area contributed by atoms with Crippen molar-refractivity contribution in [2.45, 2.75) is 27.3 Å². The molecule has 0 radical (unpaired) electrons. The van der Waals surface area contributed by atoms with Gasteiger partial charge in [-0.2, -0.15) is 0 Å². The van der Waals surface area contributed by atoms with Crippen LogP contribution in [-0.2, 0) is 6.54 Å². The molecule has 5 nitrogen and oxygen atoms in total. The fourth-order valence-corrected chi connectivity index (χ4v) is 1.69. The van der Waals surface area contributed by atoms with Crippen LogP contribution in [0.1, 0.15) is 25.3 Å². The van der Waals surface area contributed by atoms with Crippen LogP contribution in [-0.4, -0.2) is 16.7 Å². The fraction of sp³-hybridized carbons (Fsp3) is 0.429. The first kappa shape index (κ1) is 14.5. The van der Waals surface area contributed by atoms with Crippen molar-refractivity contribution in [1.29, 1.82) is 0 Å². The number of rotatable bonds is 6. The molecule has 0 unspecified atom stereocenters. The smallest absolute Gasteiger partial charge is 0.320 e. The molecule has 0 saturated carbocycles. The van der Waals surface area contributed by atoms with Crippen molar-refractivity contribution in [2.75, 3.05) is 11.9 Å². The van der Waals surface area contributed by atoms with E-state index in [-0.39, 0.29) is 11.8 Å². The van der Waals surface area contributed by atoms with Crippen molar-refractivity contribution < 1.29 is 8.81 Å². The van der Waals surface area contributed by atoms with Gasteiger partial charge in [-0.15, -0.1) is 5.10 Å². The molecule has 1 aromatic heterocycles. The summed E-state index contributed by atoms with van der Waals surface area (Å²) in [6.07, 6.45) is 0. The zero-order chi connectivity index (χ0) is 14.5. The second-order valence-corrected chi connectivity index (χ2v) is 5.13. The first-order valence-electron chi connectivity index (χ1n) is 6.61. The number of halogens is 1. The van der Waals surface area contributed by atoms with E-state index in [2.05, 4.69) is 34.7 Å². The lowest BCUT2D eigenvalue weighted by atomic mass is 10.2. The molecular weight excluding hydrogens is 259 g/mol. The summed E-state index contributed by atoms with van der Waals surface area (Å²) in [7, 11) is 0. The maximum Gasteiger partial charge on any atom is 0.320 e. The van der Waals surface area contributed by atoms with Gasteiger partial charge >= 0.3 is 6.01 Å². The molecule has 20 heavy (non-hydrogen) atoms. The highest BCUT2D eigenvalue weighted by Crippen LogP contribution is 2.20. The first-order valence-corrected chi connectivity index (χ1v) is 6.61. The van der Waals surface area contributed by atoms with E-state index in [1.807, 2.05) is 6.92 Å². The lowest BCUT2D eigenvalue weighted by Gasteiger charge is -2.04. The molecule has 0 amide bonds. The second kappa shape index (κ2) is 6.47. The molecular formula is C14H19FN4O. The number of hydrogen-bond acceptors (Lipinski definition) is 5. The van der Waals surface area contributed by atoms with Gasteiger partial charge in [-0.25, -0.2) is 4.39 Å². The molecule has 0 saturated heterocycles. The Bertz CT molecular complexity index is 568. The summed E-state index contributed by atoms with van der Waals surface area (Å²) in [4.78, 5) is 0. The van der Waals surface area contributed by atoms with Crippen molar-refractivity contribution >= 4 is 11.7 Å². The molecule has 0 aliphatic carbocycles. The van der Waals surface area contributed by atoms with Crippen molar-refractivity contribution in [3.63, 3.8) is 0 Å². The van der Waals surface area contributed by atoms with Gasteiger partial charge in [0.25, 0.3) is 0 Å². The summed E-state index contributed by atoms with van der Waals surface area (Å²) in [5.41, 5.74) is 1.28. The van der Waals surface area contributed by atoms with Crippen LogP contribution in [0.25, 0.3) is 0 Å². The van der Waals surface area contributed by atoms with E-state index in [9.17, 15) is 4.39 Å². The van der Waals surface area contributed by atoms with Gasteiger partial charge in [0.15, 0.2) is 0 Å². The molecule has 0 fully saturated rings. The van der Waals surface area contributed by atoms with Gasteiger partial charge in [-0.1, -0.05) is 25.0 Å². The Labute approximate surface area is 117 Å². The summed E-state index contributed by atoms with van der Waals surface area (Å²) in [5.74, 6) is 0.673. The predicted octanol–water partition coefficient (Wildman–Crippen LogP) is 3.01. The molecule has 0 atom stereocenters. The van der Waals surface area contributed by atoms with Crippen molar-refractivity contribution in [3.8, 4) is 0 Å². The van der Waals surface area contributed by atoms with Gasteiger partial charge in [0.2, 0.25) is 5.89 Å². The quantitative estimate of drug-likeness (QED) is 0.850. The number of hydrogen-bond donors (Lipinski definition) is 2. The molecule has 2 aromatic rings. The molecule has 2 rings (SSSR count). The van der Waals surface area contributed by atoms with Crippen LogP contribution in [0.4, 0.5) is 16.1 Å². The van der Waals surface area contributed by atoms with Crippen molar-refractivity contribution in [1.82, 2.24) is 15.5 Å². The van der Waals surface area contributed by atoms with Crippen LogP contribution in [0, 0.1) is 18.7 Å². The van der Waals surface area contributed by atoms with Crippen LogP contribution in [0.2, 0.25) is 0 Å². The molecule has 108 valence electrons. The van der Waals surface area contributed by atoms with Crippen molar-refractivity contribution in [3.05, 3.63) is 35.5 Å². The molecule has 0 aliphatic rings. The minimum absolute atomic E-state index is 0.191. The van der Waals surface area contributed by atoms with E-state index in [1.54, 1.807) is 12.1 Å².